The second-order valence-electron chi connectivity index (χ2n) is 9.41. The minimum Gasteiger partial charge on any atom is -0.329 e. The Labute approximate surface area is 234 Å². The summed E-state index contributed by atoms with van der Waals surface area (Å²) in [7, 11) is -3.84. The highest BCUT2D eigenvalue weighted by Crippen LogP contribution is 2.24. The van der Waals surface area contributed by atoms with Gasteiger partial charge in [-0.3, -0.25) is 9.52 Å². The Morgan fingerprint density at radius 1 is 0.872 bits per heavy atom. The number of nitrogens with one attached hydrogen (secondary N) is 1. The first-order valence-corrected chi connectivity index (χ1v) is 14.7. The quantitative estimate of drug-likeness (QED) is 0.287. The fourth-order valence-electron chi connectivity index (χ4n) is 4.80. The van der Waals surface area contributed by atoms with E-state index in [9.17, 15) is 13.2 Å². The number of amides is 1. The fourth-order valence-corrected chi connectivity index (χ4v) is 6.33. The Balaban J connectivity index is 1.17. The summed E-state index contributed by atoms with van der Waals surface area (Å²) in [5.74, 6) is 1.40. The standard InChI is InChI=1S/C29H24BrN5O3S/c30-24-9-3-5-20(15-24)16-27-31-32-28-19-34(13-14-35(27)28)29(36)23-8-4-10-25(17-23)33-39(37,38)26-12-11-21-6-1-2-7-22(21)18-26/h1-12,15,17-18,33H,13-14,16,19H2. The molecule has 2 heterocycles. The van der Waals surface area contributed by atoms with Crippen LogP contribution in [0.5, 0.6) is 0 Å². The normalized spacial score (nSPS) is 13.3. The predicted octanol–water partition coefficient (Wildman–Crippen LogP) is 5.24. The molecule has 1 amide bonds. The number of rotatable bonds is 6. The summed E-state index contributed by atoms with van der Waals surface area (Å²) in [5.41, 5.74) is 1.85. The van der Waals surface area contributed by atoms with E-state index < -0.39 is 10.0 Å². The van der Waals surface area contributed by atoms with Crippen molar-refractivity contribution < 1.29 is 13.2 Å². The van der Waals surface area contributed by atoms with E-state index in [1.165, 1.54) is 0 Å². The average Bonchev–Trinajstić information content (AvgIpc) is 3.34. The van der Waals surface area contributed by atoms with Crippen molar-refractivity contribution >= 4 is 48.3 Å². The molecule has 5 aromatic rings. The first kappa shape index (κ1) is 25.3. The Kier molecular flexibility index (Phi) is 6.66. The number of nitrogens with zero attached hydrogens (tertiary/aromatic N) is 4. The number of halogens is 1. The van der Waals surface area contributed by atoms with Gasteiger partial charge in [0, 0.05) is 35.2 Å². The zero-order chi connectivity index (χ0) is 27.0. The highest BCUT2D eigenvalue weighted by atomic mass is 79.9. The van der Waals surface area contributed by atoms with Gasteiger partial charge in [0.2, 0.25) is 0 Å². The van der Waals surface area contributed by atoms with Gasteiger partial charge in [0.05, 0.1) is 11.4 Å². The van der Waals surface area contributed by atoms with Crippen molar-refractivity contribution in [3.05, 3.63) is 118 Å². The van der Waals surface area contributed by atoms with E-state index in [0.29, 0.717) is 37.3 Å². The third-order valence-corrected chi connectivity index (χ3v) is 8.63. The van der Waals surface area contributed by atoms with Crippen molar-refractivity contribution in [2.24, 2.45) is 0 Å². The number of hydrogen-bond donors (Lipinski definition) is 1. The fraction of sp³-hybridized carbons (Fsp3) is 0.138. The Hall–Kier alpha value is -4.02. The first-order chi connectivity index (χ1) is 18.9. The first-order valence-electron chi connectivity index (χ1n) is 12.4. The molecule has 0 unspecified atom stereocenters. The molecular weight excluding hydrogens is 578 g/mol. The van der Waals surface area contributed by atoms with Gasteiger partial charge in [-0.15, -0.1) is 10.2 Å². The van der Waals surface area contributed by atoms with Crippen molar-refractivity contribution in [2.45, 2.75) is 24.4 Å². The van der Waals surface area contributed by atoms with Crippen molar-refractivity contribution in [3.63, 3.8) is 0 Å². The summed E-state index contributed by atoms with van der Waals surface area (Å²) in [6.45, 7) is 1.42. The van der Waals surface area contributed by atoms with Gasteiger partial charge in [-0.1, -0.05) is 64.5 Å². The van der Waals surface area contributed by atoms with E-state index in [1.54, 1.807) is 47.4 Å². The van der Waals surface area contributed by atoms with Crippen molar-refractivity contribution in [1.82, 2.24) is 19.7 Å². The molecule has 8 nitrogen and oxygen atoms in total. The molecule has 1 aromatic heterocycles. The minimum atomic E-state index is -3.84. The van der Waals surface area contributed by atoms with Crippen LogP contribution in [-0.4, -0.2) is 40.5 Å². The van der Waals surface area contributed by atoms with Crippen LogP contribution in [0.25, 0.3) is 10.8 Å². The van der Waals surface area contributed by atoms with E-state index >= 15 is 0 Å². The Morgan fingerprint density at radius 3 is 2.54 bits per heavy atom. The molecule has 1 aliphatic rings. The molecule has 0 radical (unpaired) electrons. The summed E-state index contributed by atoms with van der Waals surface area (Å²) >= 11 is 3.50. The van der Waals surface area contributed by atoms with Crippen LogP contribution < -0.4 is 4.72 Å². The molecule has 0 aliphatic carbocycles. The van der Waals surface area contributed by atoms with Gasteiger partial charge in [0.1, 0.15) is 5.82 Å². The molecule has 0 bridgehead atoms. The van der Waals surface area contributed by atoms with Crippen molar-refractivity contribution in [2.75, 3.05) is 11.3 Å². The monoisotopic (exact) mass is 601 g/mol. The maximum Gasteiger partial charge on any atom is 0.261 e. The number of aromatic nitrogens is 3. The lowest BCUT2D eigenvalue weighted by Gasteiger charge is -2.28. The van der Waals surface area contributed by atoms with Gasteiger partial charge in [0.15, 0.2) is 5.82 Å². The maximum absolute atomic E-state index is 13.4. The second kappa shape index (κ2) is 10.3. The van der Waals surface area contributed by atoms with Gasteiger partial charge < -0.3 is 9.47 Å². The largest absolute Gasteiger partial charge is 0.329 e. The molecular formula is C29H24BrN5O3S. The number of carbonyl (C=O) groups excluding carboxylic acids is 1. The smallest absolute Gasteiger partial charge is 0.261 e. The van der Waals surface area contributed by atoms with E-state index in [0.717, 1.165) is 32.5 Å². The zero-order valence-electron chi connectivity index (χ0n) is 20.8. The lowest BCUT2D eigenvalue weighted by molar-refractivity contribution is 0.0706. The molecule has 0 saturated carbocycles. The van der Waals surface area contributed by atoms with E-state index in [2.05, 4.69) is 41.5 Å². The summed E-state index contributed by atoms with van der Waals surface area (Å²) in [5, 5.41) is 10.5. The van der Waals surface area contributed by atoms with Crippen LogP contribution in [0.1, 0.15) is 27.6 Å². The van der Waals surface area contributed by atoms with E-state index in [4.69, 9.17) is 0 Å². The Morgan fingerprint density at radius 2 is 1.69 bits per heavy atom. The van der Waals surface area contributed by atoms with Gasteiger partial charge in [-0.2, -0.15) is 0 Å². The summed E-state index contributed by atoms with van der Waals surface area (Å²) in [4.78, 5) is 15.2. The SMILES string of the molecule is O=C(c1cccc(NS(=O)(=O)c2ccc3ccccc3c2)c1)N1CCn2c(Cc3cccc(Br)c3)nnc2C1. The van der Waals surface area contributed by atoms with Crippen molar-refractivity contribution in [1.29, 1.82) is 0 Å². The molecule has 10 heteroatoms. The number of hydrogen-bond acceptors (Lipinski definition) is 5. The number of fused-ring (bicyclic) bond motifs is 2. The molecule has 0 fully saturated rings. The van der Waals surface area contributed by atoms with Crippen LogP contribution in [-0.2, 0) is 29.5 Å². The van der Waals surface area contributed by atoms with E-state index in [-0.39, 0.29) is 10.8 Å². The third kappa shape index (κ3) is 5.30. The highest BCUT2D eigenvalue weighted by Gasteiger charge is 2.26. The molecule has 6 rings (SSSR count). The summed E-state index contributed by atoms with van der Waals surface area (Å²) < 4.78 is 31.9. The van der Waals surface area contributed by atoms with Gasteiger partial charge in [-0.25, -0.2) is 8.42 Å². The van der Waals surface area contributed by atoms with Crippen LogP contribution in [0, 0.1) is 0 Å². The van der Waals surface area contributed by atoms with Crippen LogP contribution in [0.3, 0.4) is 0 Å². The number of sulfonamides is 1. The molecule has 39 heavy (non-hydrogen) atoms. The minimum absolute atomic E-state index is 0.159. The molecule has 1 aliphatic heterocycles. The molecule has 4 aromatic carbocycles. The van der Waals surface area contributed by atoms with Gasteiger partial charge >= 0.3 is 0 Å². The molecule has 1 N–H and O–H groups in total. The van der Waals surface area contributed by atoms with Crippen molar-refractivity contribution in [3.8, 4) is 0 Å². The average molecular weight is 603 g/mol. The highest BCUT2D eigenvalue weighted by molar-refractivity contribution is 9.10. The lowest BCUT2D eigenvalue weighted by Crippen LogP contribution is -2.38. The van der Waals surface area contributed by atoms with Crippen LogP contribution in [0.2, 0.25) is 0 Å². The number of anilines is 1. The molecule has 196 valence electrons. The van der Waals surface area contributed by atoms with E-state index in [1.807, 2.05) is 42.5 Å². The zero-order valence-corrected chi connectivity index (χ0v) is 23.2. The maximum atomic E-state index is 13.4. The lowest BCUT2D eigenvalue weighted by atomic mass is 10.1. The topological polar surface area (TPSA) is 97.2 Å². The predicted molar refractivity (Wildman–Crippen MR) is 153 cm³/mol. The molecule has 0 spiro atoms. The van der Waals surface area contributed by atoms with Gasteiger partial charge in [-0.05, 0) is 58.8 Å². The summed E-state index contributed by atoms with van der Waals surface area (Å²) in [6.07, 6.45) is 0.653. The summed E-state index contributed by atoms with van der Waals surface area (Å²) in [6, 6.07) is 27.2. The third-order valence-electron chi connectivity index (χ3n) is 6.76. The number of benzene rings is 4. The molecule has 0 atom stereocenters. The van der Waals surface area contributed by atoms with Crippen LogP contribution in [0.15, 0.2) is 100 Å². The Bertz CT molecular complexity index is 1820. The number of carbonyl (C=O) groups is 1. The van der Waals surface area contributed by atoms with Crippen LogP contribution >= 0.6 is 15.9 Å². The second-order valence-corrected chi connectivity index (χ2v) is 12.0. The van der Waals surface area contributed by atoms with Gasteiger partial charge in [0.25, 0.3) is 15.9 Å². The van der Waals surface area contributed by atoms with Crippen LogP contribution in [0.4, 0.5) is 5.69 Å². The molecule has 0 saturated heterocycles.